The van der Waals surface area contributed by atoms with Crippen molar-refractivity contribution in [1.82, 2.24) is 0 Å². The lowest BCUT2D eigenvalue weighted by Crippen LogP contribution is -1.98. The van der Waals surface area contributed by atoms with Gasteiger partial charge in [-0.25, -0.2) is 0 Å². The lowest BCUT2D eigenvalue weighted by atomic mass is 10.2. The van der Waals surface area contributed by atoms with E-state index < -0.39 is 0 Å². The average molecular weight is 299 g/mol. The van der Waals surface area contributed by atoms with Crippen LogP contribution < -0.4 is 4.74 Å². The minimum atomic E-state index is 0.633. The summed E-state index contributed by atoms with van der Waals surface area (Å²) in [5.74, 6) is 0.769. The van der Waals surface area contributed by atoms with E-state index in [2.05, 4.69) is 22.9 Å². The molecule has 1 rings (SSSR count). The topological polar surface area (TPSA) is 26.3 Å². The van der Waals surface area contributed by atoms with Gasteiger partial charge in [-0.15, -0.1) is 0 Å². The number of aldehydes is 1. The van der Waals surface area contributed by atoms with Crippen molar-refractivity contribution in [3.05, 3.63) is 28.2 Å². The summed E-state index contributed by atoms with van der Waals surface area (Å²) >= 11 is 3.31. The van der Waals surface area contributed by atoms with Crippen LogP contribution in [0, 0.1) is 0 Å². The van der Waals surface area contributed by atoms with Crippen LogP contribution in [0.4, 0.5) is 0 Å². The predicted octanol–water partition coefficient (Wildman–Crippen LogP) is 4.61. The van der Waals surface area contributed by atoms with E-state index in [1.165, 1.54) is 25.7 Å². The molecule has 0 aromatic heterocycles. The van der Waals surface area contributed by atoms with E-state index in [0.717, 1.165) is 29.5 Å². The van der Waals surface area contributed by atoms with Crippen molar-refractivity contribution in [3.8, 4) is 5.75 Å². The third-order valence-corrected chi connectivity index (χ3v) is 3.33. The molecule has 17 heavy (non-hydrogen) atoms. The first-order valence-corrected chi connectivity index (χ1v) is 6.94. The van der Waals surface area contributed by atoms with E-state index in [9.17, 15) is 4.79 Å². The number of carbonyl (C=O) groups is 1. The Balaban J connectivity index is 2.29. The second kappa shape index (κ2) is 8.29. The fourth-order valence-electron chi connectivity index (χ4n) is 1.60. The fraction of sp³-hybridized carbons (Fsp3) is 0.500. The molecule has 1 aromatic rings. The average Bonchev–Trinajstić information content (AvgIpc) is 2.35. The van der Waals surface area contributed by atoms with Crippen LogP contribution >= 0.6 is 15.9 Å². The van der Waals surface area contributed by atoms with Gasteiger partial charge in [-0.05, 0) is 24.6 Å². The molecule has 0 atom stereocenters. The van der Waals surface area contributed by atoms with E-state index in [0.29, 0.717) is 5.56 Å². The highest BCUT2D eigenvalue weighted by Gasteiger charge is 2.01. The van der Waals surface area contributed by atoms with Crippen LogP contribution in [0.3, 0.4) is 0 Å². The molecule has 1 aromatic carbocycles. The molecule has 0 aliphatic rings. The summed E-state index contributed by atoms with van der Waals surface area (Å²) in [5, 5.41) is 0. The molecule has 0 amide bonds. The van der Waals surface area contributed by atoms with Crippen LogP contribution in [-0.2, 0) is 0 Å². The van der Waals surface area contributed by atoms with Gasteiger partial charge < -0.3 is 4.74 Å². The molecule has 0 saturated heterocycles. The second-order valence-corrected chi connectivity index (χ2v) is 4.92. The molecule has 0 spiro atoms. The Kier molecular flexibility index (Phi) is 6.94. The zero-order chi connectivity index (χ0) is 12.5. The molecule has 0 N–H and O–H groups in total. The van der Waals surface area contributed by atoms with E-state index in [1.807, 2.05) is 12.1 Å². The lowest BCUT2D eigenvalue weighted by Gasteiger charge is -2.07. The van der Waals surface area contributed by atoms with Crippen LogP contribution in [0.25, 0.3) is 0 Å². The van der Waals surface area contributed by atoms with Crippen molar-refractivity contribution in [2.24, 2.45) is 0 Å². The second-order valence-electron chi connectivity index (χ2n) is 4.06. The molecule has 0 bridgehead atoms. The number of carbonyl (C=O) groups excluding carboxylic acids is 1. The number of ether oxygens (including phenoxy) is 1. The number of unbranched alkanes of at least 4 members (excludes halogenated alkanes) is 4. The SMILES string of the molecule is CCCCCCCOc1ccc(Br)c(C=O)c1. The van der Waals surface area contributed by atoms with Crippen molar-refractivity contribution in [3.63, 3.8) is 0 Å². The minimum absolute atomic E-state index is 0.633. The maximum atomic E-state index is 10.7. The summed E-state index contributed by atoms with van der Waals surface area (Å²) in [6, 6.07) is 5.49. The Morgan fingerprint density at radius 2 is 2.00 bits per heavy atom. The molecule has 0 radical (unpaired) electrons. The molecule has 3 heteroatoms. The summed E-state index contributed by atoms with van der Waals surface area (Å²) < 4.78 is 6.41. The zero-order valence-corrected chi connectivity index (χ0v) is 11.8. The number of rotatable bonds is 8. The van der Waals surface area contributed by atoms with Gasteiger partial charge in [0.25, 0.3) is 0 Å². The molecule has 0 fully saturated rings. The van der Waals surface area contributed by atoms with Crippen LogP contribution in [0.15, 0.2) is 22.7 Å². The van der Waals surface area contributed by atoms with Gasteiger partial charge in [-0.1, -0.05) is 48.5 Å². The van der Waals surface area contributed by atoms with Gasteiger partial charge in [-0.2, -0.15) is 0 Å². The molecule has 0 heterocycles. The third kappa shape index (κ3) is 5.35. The molecule has 94 valence electrons. The van der Waals surface area contributed by atoms with Crippen molar-refractivity contribution in [2.45, 2.75) is 39.0 Å². The quantitative estimate of drug-likeness (QED) is 0.517. The van der Waals surface area contributed by atoms with Gasteiger partial charge in [0.05, 0.1) is 6.61 Å². The third-order valence-electron chi connectivity index (χ3n) is 2.61. The first-order valence-electron chi connectivity index (χ1n) is 6.15. The van der Waals surface area contributed by atoms with Crippen molar-refractivity contribution >= 4 is 22.2 Å². The van der Waals surface area contributed by atoms with E-state index >= 15 is 0 Å². The van der Waals surface area contributed by atoms with Gasteiger partial charge in [0.2, 0.25) is 0 Å². The number of halogens is 1. The van der Waals surface area contributed by atoms with Gasteiger partial charge >= 0.3 is 0 Å². The van der Waals surface area contributed by atoms with Crippen LogP contribution in [0.1, 0.15) is 49.4 Å². The van der Waals surface area contributed by atoms with Gasteiger partial charge in [0.1, 0.15) is 5.75 Å². The molecule has 0 saturated carbocycles. The standard InChI is InChI=1S/C14H19BrO2/c1-2-3-4-5-6-9-17-13-7-8-14(15)12(10-13)11-16/h7-8,10-11H,2-6,9H2,1H3. The van der Waals surface area contributed by atoms with Crippen molar-refractivity contribution in [1.29, 1.82) is 0 Å². The fourth-order valence-corrected chi connectivity index (χ4v) is 1.94. The summed E-state index contributed by atoms with van der Waals surface area (Å²) in [7, 11) is 0. The lowest BCUT2D eigenvalue weighted by molar-refractivity contribution is 0.112. The summed E-state index contributed by atoms with van der Waals surface area (Å²) in [4.78, 5) is 10.7. The van der Waals surface area contributed by atoms with Crippen LogP contribution in [0.5, 0.6) is 5.75 Å². The molecule has 0 aliphatic carbocycles. The summed E-state index contributed by atoms with van der Waals surface area (Å²) in [6.07, 6.45) is 6.96. The molecule has 2 nitrogen and oxygen atoms in total. The predicted molar refractivity (Wildman–Crippen MR) is 73.8 cm³/mol. The Morgan fingerprint density at radius 3 is 2.71 bits per heavy atom. The van der Waals surface area contributed by atoms with Crippen LogP contribution in [-0.4, -0.2) is 12.9 Å². The molecule has 0 aliphatic heterocycles. The van der Waals surface area contributed by atoms with Crippen LogP contribution in [0.2, 0.25) is 0 Å². The molecular formula is C14H19BrO2. The highest BCUT2D eigenvalue weighted by Crippen LogP contribution is 2.21. The monoisotopic (exact) mass is 298 g/mol. The van der Waals surface area contributed by atoms with Crippen molar-refractivity contribution < 1.29 is 9.53 Å². The van der Waals surface area contributed by atoms with Crippen molar-refractivity contribution in [2.75, 3.05) is 6.61 Å². The smallest absolute Gasteiger partial charge is 0.151 e. The Labute approximate surface area is 111 Å². The minimum Gasteiger partial charge on any atom is -0.494 e. The first kappa shape index (κ1) is 14.2. The molecule has 0 unspecified atom stereocenters. The summed E-state index contributed by atoms with van der Waals surface area (Å²) in [5.41, 5.74) is 0.633. The van der Waals surface area contributed by atoms with Gasteiger partial charge in [0, 0.05) is 10.0 Å². The normalized spacial score (nSPS) is 10.2. The zero-order valence-electron chi connectivity index (χ0n) is 10.2. The Hall–Kier alpha value is -0.830. The maximum Gasteiger partial charge on any atom is 0.151 e. The Morgan fingerprint density at radius 1 is 1.24 bits per heavy atom. The van der Waals surface area contributed by atoms with Gasteiger partial charge in [-0.3, -0.25) is 4.79 Å². The number of hydrogen-bond acceptors (Lipinski definition) is 2. The first-order chi connectivity index (χ1) is 8.27. The maximum absolute atomic E-state index is 10.7. The summed E-state index contributed by atoms with van der Waals surface area (Å²) in [6.45, 7) is 2.93. The molecular weight excluding hydrogens is 280 g/mol. The van der Waals surface area contributed by atoms with E-state index in [-0.39, 0.29) is 0 Å². The number of benzene rings is 1. The highest BCUT2D eigenvalue weighted by atomic mass is 79.9. The van der Waals surface area contributed by atoms with E-state index in [1.54, 1.807) is 6.07 Å². The van der Waals surface area contributed by atoms with E-state index in [4.69, 9.17) is 4.74 Å². The Bertz CT molecular complexity index is 350. The highest BCUT2D eigenvalue weighted by molar-refractivity contribution is 9.10. The van der Waals surface area contributed by atoms with Gasteiger partial charge in [0.15, 0.2) is 6.29 Å². The number of hydrogen-bond donors (Lipinski definition) is 0. The largest absolute Gasteiger partial charge is 0.494 e.